The lowest BCUT2D eigenvalue weighted by Gasteiger charge is -2.32. The molecule has 86 valence electrons. The van der Waals surface area contributed by atoms with Gasteiger partial charge < -0.3 is 9.84 Å². The van der Waals surface area contributed by atoms with E-state index in [9.17, 15) is 5.11 Å². The summed E-state index contributed by atoms with van der Waals surface area (Å²) in [5.74, 6) is 0.294. The van der Waals surface area contributed by atoms with Crippen molar-refractivity contribution in [2.24, 2.45) is 0 Å². The van der Waals surface area contributed by atoms with Crippen molar-refractivity contribution < 1.29 is 9.84 Å². The Morgan fingerprint density at radius 2 is 2.19 bits per heavy atom. The van der Waals surface area contributed by atoms with Crippen molar-refractivity contribution in [1.29, 1.82) is 0 Å². The largest absolute Gasteiger partial charge is 0.508 e. The van der Waals surface area contributed by atoms with Crippen LogP contribution < -0.4 is 0 Å². The fourth-order valence-electron chi connectivity index (χ4n) is 1.94. The Bertz CT molecular complexity index is 347. The molecule has 0 amide bonds. The van der Waals surface area contributed by atoms with Gasteiger partial charge in [-0.05, 0) is 17.7 Å². The third-order valence-corrected chi connectivity index (χ3v) is 2.80. The van der Waals surface area contributed by atoms with Gasteiger partial charge in [0.05, 0.1) is 12.7 Å². The summed E-state index contributed by atoms with van der Waals surface area (Å²) in [6.07, 6.45) is 2.02. The molecule has 2 rings (SSSR count). The summed E-state index contributed by atoms with van der Waals surface area (Å²) >= 11 is 0. The van der Waals surface area contributed by atoms with Crippen molar-refractivity contribution in [2.75, 3.05) is 26.2 Å². The molecule has 1 aliphatic heterocycles. The number of ether oxygens (including phenoxy) is 1. The van der Waals surface area contributed by atoms with E-state index in [-0.39, 0.29) is 6.10 Å². The molecule has 1 heterocycles. The first-order valence-corrected chi connectivity index (χ1v) is 5.53. The van der Waals surface area contributed by atoms with Crippen LogP contribution in [0.15, 0.2) is 36.9 Å². The van der Waals surface area contributed by atoms with Gasteiger partial charge >= 0.3 is 0 Å². The molecule has 1 aromatic rings. The molecule has 16 heavy (non-hydrogen) atoms. The molecule has 0 aromatic heterocycles. The minimum Gasteiger partial charge on any atom is -0.508 e. The van der Waals surface area contributed by atoms with Crippen LogP contribution in [-0.4, -0.2) is 36.2 Å². The highest BCUT2D eigenvalue weighted by atomic mass is 16.5. The number of phenolic OH excluding ortho intramolecular Hbond substituents is 1. The van der Waals surface area contributed by atoms with Crippen molar-refractivity contribution in [3.05, 3.63) is 42.5 Å². The zero-order valence-electron chi connectivity index (χ0n) is 9.30. The van der Waals surface area contributed by atoms with Crippen molar-refractivity contribution in [3.63, 3.8) is 0 Å². The van der Waals surface area contributed by atoms with E-state index >= 15 is 0 Å². The predicted octanol–water partition coefficient (Wildman–Crippen LogP) is 1.95. The molecule has 0 radical (unpaired) electrons. The van der Waals surface area contributed by atoms with E-state index in [1.807, 2.05) is 18.2 Å². The lowest BCUT2D eigenvalue weighted by atomic mass is 10.1. The summed E-state index contributed by atoms with van der Waals surface area (Å²) in [4.78, 5) is 2.31. The zero-order chi connectivity index (χ0) is 11.4. The first kappa shape index (κ1) is 11.2. The van der Waals surface area contributed by atoms with Gasteiger partial charge in [0, 0.05) is 19.6 Å². The standard InChI is InChI=1S/C13H17NO2/c1-2-7-14-8-9-16-13(10-14)11-3-5-12(15)6-4-11/h2-6,13,15H,1,7-10H2/t13-/m1/s1. The van der Waals surface area contributed by atoms with Gasteiger partial charge in [0.15, 0.2) is 0 Å². The summed E-state index contributed by atoms with van der Waals surface area (Å²) in [7, 11) is 0. The summed E-state index contributed by atoms with van der Waals surface area (Å²) in [6.45, 7) is 7.24. The summed E-state index contributed by atoms with van der Waals surface area (Å²) < 4.78 is 5.72. The Balaban J connectivity index is 2.03. The van der Waals surface area contributed by atoms with E-state index in [0.29, 0.717) is 5.75 Å². The highest BCUT2D eigenvalue weighted by Gasteiger charge is 2.20. The predicted molar refractivity (Wildman–Crippen MR) is 63.4 cm³/mol. The van der Waals surface area contributed by atoms with Crippen LogP contribution in [0.2, 0.25) is 0 Å². The molecule has 1 N–H and O–H groups in total. The average Bonchev–Trinajstić information content (AvgIpc) is 2.31. The maximum Gasteiger partial charge on any atom is 0.115 e. The van der Waals surface area contributed by atoms with Crippen molar-refractivity contribution >= 4 is 0 Å². The highest BCUT2D eigenvalue weighted by Crippen LogP contribution is 2.23. The van der Waals surface area contributed by atoms with E-state index in [1.54, 1.807) is 12.1 Å². The third kappa shape index (κ3) is 2.62. The number of rotatable bonds is 3. The molecule has 0 saturated carbocycles. The van der Waals surface area contributed by atoms with Gasteiger partial charge in [-0.15, -0.1) is 6.58 Å². The van der Waals surface area contributed by atoms with Gasteiger partial charge in [-0.3, -0.25) is 4.90 Å². The Morgan fingerprint density at radius 3 is 2.88 bits per heavy atom. The molecule has 0 spiro atoms. The Labute approximate surface area is 96.0 Å². The van der Waals surface area contributed by atoms with Crippen molar-refractivity contribution in [1.82, 2.24) is 4.90 Å². The minimum atomic E-state index is 0.106. The summed E-state index contributed by atoms with van der Waals surface area (Å²) in [5, 5.41) is 9.23. The smallest absolute Gasteiger partial charge is 0.115 e. The molecule has 0 unspecified atom stereocenters. The van der Waals surface area contributed by atoms with Gasteiger partial charge in [-0.2, -0.15) is 0 Å². The number of hydrogen-bond acceptors (Lipinski definition) is 3. The SMILES string of the molecule is C=CCN1CCO[C@@H](c2ccc(O)cc2)C1. The fraction of sp³-hybridized carbons (Fsp3) is 0.385. The first-order chi connectivity index (χ1) is 7.79. The number of benzene rings is 1. The zero-order valence-corrected chi connectivity index (χ0v) is 9.30. The topological polar surface area (TPSA) is 32.7 Å². The Kier molecular flexibility index (Phi) is 3.59. The second-order valence-corrected chi connectivity index (χ2v) is 4.00. The third-order valence-electron chi connectivity index (χ3n) is 2.80. The van der Waals surface area contributed by atoms with E-state index in [1.165, 1.54) is 0 Å². The number of phenols is 1. The molecule has 1 saturated heterocycles. The Morgan fingerprint density at radius 1 is 1.44 bits per heavy atom. The number of hydrogen-bond donors (Lipinski definition) is 1. The lowest BCUT2D eigenvalue weighted by Crippen LogP contribution is -2.38. The number of aromatic hydroxyl groups is 1. The van der Waals surface area contributed by atoms with E-state index < -0.39 is 0 Å². The quantitative estimate of drug-likeness (QED) is 0.789. The van der Waals surface area contributed by atoms with Crippen LogP contribution in [-0.2, 0) is 4.74 Å². The molecule has 3 heteroatoms. The first-order valence-electron chi connectivity index (χ1n) is 5.53. The van der Waals surface area contributed by atoms with Crippen LogP contribution in [0, 0.1) is 0 Å². The second-order valence-electron chi connectivity index (χ2n) is 4.00. The van der Waals surface area contributed by atoms with Crippen LogP contribution in [0.25, 0.3) is 0 Å². The van der Waals surface area contributed by atoms with Gasteiger partial charge in [0.1, 0.15) is 5.75 Å². The molecular formula is C13H17NO2. The van der Waals surface area contributed by atoms with E-state index in [4.69, 9.17) is 4.74 Å². The second kappa shape index (κ2) is 5.14. The van der Waals surface area contributed by atoms with Crippen LogP contribution in [0.5, 0.6) is 5.75 Å². The van der Waals surface area contributed by atoms with E-state index in [0.717, 1.165) is 31.8 Å². The van der Waals surface area contributed by atoms with Gasteiger partial charge in [0.25, 0.3) is 0 Å². The molecule has 1 aliphatic rings. The summed E-state index contributed by atoms with van der Waals surface area (Å²) in [5.41, 5.74) is 1.12. The van der Waals surface area contributed by atoms with Crippen molar-refractivity contribution in [3.8, 4) is 5.75 Å². The van der Waals surface area contributed by atoms with E-state index in [2.05, 4.69) is 11.5 Å². The molecule has 0 aliphatic carbocycles. The van der Waals surface area contributed by atoms with Gasteiger partial charge in [0.2, 0.25) is 0 Å². The minimum absolute atomic E-state index is 0.106. The maximum atomic E-state index is 9.23. The lowest BCUT2D eigenvalue weighted by molar-refractivity contribution is -0.0260. The normalized spacial score (nSPS) is 21.9. The molecule has 0 bridgehead atoms. The maximum absolute atomic E-state index is 9.23. The number of morpholine rings is 1. The average molecular weight is 219 g/mol. The highest BCUT2D eigenvalue weighted by molar-refractivity contribution is 5.27. The van der Waals surface area contributed by atoms with Crippen LogP contribution in [0.3, 0.4) is 0 Å². The Hall–Kier alpha value is -1.32. The molecule has 1 atom stereocenters. The van der Waals surface area contributed by atoms with Gasteiger partial charge in [-0.25, -0.2) is 0 Å². The molecule has 3 nitrogen and oxygen atoms in total. The van der Waals surface area contributed by atoms with Crippen LogP contribution >= 0.6 is 0 Å². The molecular weight excluding hydrogens is 202 g/mol. The van der Waals surface area contributed by atoms with Crippen molar-refractivity contribution in [2.45, 2.75) is 6.10 Å². The van der Waals surface area contributed by atoms with Crippen LogP contribution in [0.1, 0.15) is 11.7 Å². The summed E-state index contributed by atoms with van der Waals surface area (Å²) in [6, 6.07) is 7.23. The number of nitrogens with zero attached hydrogens (tertiary/aromatic N) is 1. The van der Waals surface area contributed by atoms with Gasteiger partial charge in [-0.1, -0.05) is 18.2 Å². The monoisotopic (exact) mass is 219 g/mol. The van der Waals surface area contributed by atoms with Crippen LogP contribution in [0.4, 0.5) is 0 Å². The molecule has 1 aromatic carbocycles. The fourth-order valence-corrected chi connectivity index (χ4v) is 1.94. The molecule has 1 fully saturated rings.